The number of aromatic amines is 1. The van der Waals surface area contributed by atoms with Gasteiger partial charge in [0.1, 0.15) is 10.6 Å². The van der Waals surface area contributed by atoms with Gasteiger partial charge in [-0.15, -0.1) is 0 Å². The molecule has 2 aromatic rings. The monoisotopic (exact) mass is 238 g/mol. The lowest BCUT2D eigenvalue weighted by Crippen LogP contribution is -2.29. The predicted molar refractivity (Wildman–Crippen MR) is 64.0 cm³/mol. The number of hydrogen-bond donors (Lipinski definition) is 1. The van der Waals surface area contributed by atoms with Crippen LogP contribution < -0.4 is 0 Å². The maximum Gasteiger partial charge on any atom is 0.159 e. The van der Waals surface area contributed by atoms with Gasteiger partial charge in [0.25, 0.3) is 0 Å². The highest BCUT2D eigenvalue weighted by Gasteiger charge is 2.35. The predicted octanol–water partition coefficient (Wildman–Crippen LogP) is 1.84. The number of sulfone groups is 1. The molecule has 0 amide bonds. The first-order valence-corrected chi connectivity index (χ1v) is 6.86. The Balaban J connectivity index is 2.65. The topological polar surface area (TPSA) is 62.8 Å². The molecule has 16 heavy (non-hydrogen) atoms. The van der Waals surface area contributed by atoms with E-state index in [0.29, 0.717) is 5.82 Å². The van der Waals surface area contributed by atoms with Crippen LogP contribution in [-0.4, -0.2) is 24.6 Å². The van der Waals surface area contributed by atoms with Crippen LogP contribution in [0.15, 0.2) is 24.3 Å². The summed E-state index contributed by atoms with van der Waals surface area (Å²) in [6.45, 7) is 3.31. The van der Waals surface area contributed by atoms with Gasteiger partial charge >= 0.3 is 0 Å². The van der Waals surface area contributed by atoms with E-state index in [0.717, 1.165) is 11.0 Å². The average molecular weight is 238 g/mol. The van der Waals surface area contributed by atoms with Gasteiger partial charge < -0.3 is 4.98 Å². The summed E-state index contributed by atoms with van der Waals surface area (Å²) in [4.78, 5) is 7.37. The van der Waals surface area contributed by atoms with Crippen LogP contribution in [0.5, 0.6) is 0 Å². The molecule has 0 unspecified atom stereocenters. The molecular formula is C11H14N2O2S. The summed E-state index contributed by atoms with van der Waals surface area (Å²) in [6, 6.07) is 7.50. The first-order valence-electron chi connectivity index (χ1n) is 4.97. The average Bonchev–Trinajstić information content (AvgIpc) is 2.59. The second-order valence-electron chi connectivity index (χ2n) is 4.39. The summed E-state index contributed by atoms with van der Waals surface area (Å²) >= 11 is 0. The summed E-state index contributed by atoms with van der Waals surface area (Å²) < 4.78 is 22.3. The Morgan fingerprint density at radius 3 is 2.44 bits per heavy atom. The third-order valence-electron chi connectivity index (χ3n) is 2.89. The molecule has 0 spiro atoms. The van der Waals surface area contributed by atoms with E-state index in [-0.39, 0.29) is 0 Å². The van der Waals surface area contributed by atoms with Gasteiger partial charge in [-0.1, -0.05) is 12.1 Å². The Bertz CT molecular complexity index is 593. The number of benzene rings is 1. The lowest BCUT2D eigenvalue weighted by Gasteiger charge is -2.19. The second-order valence-corrected chi connectivity index (χ2v) is 6.95. The van der Waals surface area contributed by atoms with Gasteiger partial charge in [0, 0.05) is 6.26 Å². The number of hydrogen-bond acceptors (Lipinski definition) is 3. The molecule has 0 saturated carbocycles. The van der Waals surface area contributed by atoms with Crippen LogP contribution in [0.1, 0.15) is 19.7 Å². The highest BCUT2D eigenvalue weighted by Crippen LogP contribution is 2.28. The fourth-order valence-electron chi connectivity index (χ4n) is 1.41. The molecule has 0 aliphatic rings. The molecule has 2 rings (SSSR count). The third-order valence-corrected chi connectivity index (χ3v) is 4.93. The Hall–Kier alpha value is -1.36. The number of aromatic nitrogens is 2. The summed E-state index contributed by atoms with van der Waals surface area (Å²) in [5, 5.41) is 0. The van der Waals surface area contributed by atoms with Crippen molar-refractivity contribution < 1.29 is 8.42 Å². The summed E-state index contributed by atoms with van der Waals surface area (Å²) in [7, 11) is -3.20. The van der Waals surface area contributed by atoms with E-state index in [1.807, 2.05) is 24.3 Å². The van der Waals surface area contributed by atoms with E-state index in [4.69, 9.17) is 0 Å². The van der Waals surface area contributed by atoms with Gasteiger partial charge in [-0.25, -0.2) is 13.4 Å². The Morgan fingerprint density at radius 1 is 1.25 bits per heavy atom. The molecule has 4 nitrogen and oxygen atoms in total. The highest BCUT2D eigenvalue weighted by atomic mass is 32.2. The maximum atomic E-state index is 11.7. The Labute approximate surface area is 94.6 Å². The van der Waals surface area contributed by atoms with Gasteiger partial charge in [0.05, 0.1) is 11.0 Å². The van der Waals surface area contributed by atoms with Crippen LogP contribution in [0.25, 0.3) is 11.0 Å². The Morgan fingerprint density at radius 2 is 1.88 bits per heavy atom. The summed E-state index contributed by atoms with van der Waals surface area (Å²) in [6.07, 6.45) is 1.22. The summed E-state index contributed by atoms with van der Waals surface area (Å²) in [5.74, 6) is 0.483. The van der Waals surface area contributed by atoms with Crippen LogP contribution in [0, 0.1) is 0 Å². The zero-order valence-electron chi connectivity index (χ0n) is 9.48. The lowest BCUT2D eigenvalue weighted by molar-refractivity contribution is 0.553. The molecule has 0 atom stereocenters. The van der Waals surface area contributed by atoms with Gasteiger partial charge in [-0.05, 0) is 26.0 Å². The molecule has 5 heteroatoms. The SMILES string of the molecule is CC(C)(c1nc2ccccc2[nH]1)S(C)(=O)=O. The van der Waals surface area contributed by atoms with Gasteiger partial charge in [-0.2, -0.15) is 0 Å². The maximum absolute atomic E-state index is 11.7. The molecule has 0 aliphatic heterocycles. The van der Waals surface area contributed by atoms with Crippen molar-refractivity contribution in [1.82, 2.24) is 9.97 Å². The molecular weight excluding hydrogens is 224 g/mol. The van der Waals surface area contributed by atoms with Crippen LogP contribution >= 0.6 is 0 Å². The zero-order chi connectivity index (χ0) is 12.0. The highest BCUT2D eigenvalue weighted by molar-refractivity contribution is 7.91. The van der Waals surface area contributed by atoms with Crippen molar-refractivity contribution in [2.24, 2.45) is 0 Å². The molecule has 0 fully saturated rings. The molecule has 1 aromatic carbocycles. The molecule has 0 bridgehead atoms. The minimum absolute atomic E-state index is 0.483. The van der Waals surface area contributed by atoms with E-state index >= 15 is 0 Å². The zero-order valence-corrected chi connectivity index (χ0v) is 10.3. The van der Waals surface area contributed by atoms with Crippen LogP contribution in [0.4, 0.5) is 0 Å². The third kappa shape index (κ3) is 1.61. The van der Waals surface area contributed by atoms with Gasteiger partial charge in [0.15, 0.2) is 9.84 Å². The molecule has 1 aromatic heterocycles. The minimum Gasteiger partial charge on any atom is -0.341 e. The van der Waals surface area contributed by atoms with E-state index in [1.165, 1.54) is 6.26 Å². The van der Waals surface area contributed by atoms with Crippen molar-refractivity contribution in [1.29, 1.82) is 0 Å². The fourth-order valence-corrected chi connectivity index (χ4v) is 1.86. The van der Waals surface area contributed by atoms with Crippen molar-refractivity contribution in [2.75, 3.05) is 6.26 Å². The molecule has 0 aliphatic carbocycles. The minimum atomic E-state index is -3.20. The van der Waals surface area contributed by atoms with Crippen molar-refractivity contribution in [2.45, 2.75) is 18.6 Å². The normalized spacial score (nSPS) is 13.2. The number of fused-ring (bicyclic) bond motifs is 1. The van der Waals surface area contributed by atoms with E-state index in [2.05, 4.69) is 9.97 Å². The number of H-pyrrole nitrogens is 1. The van der Waals surface area contributed by atoms with Crippen molar-refractivity contribution in [3.8, 4) is 0 Å². The first-order chi connectivity index (χ1) is 7.32. The quantitative estimate of drug-likeness (QED) is 0.868. The molecule has 0 saturated heterocycles. The molecule has 0 radical (unpaired) electrons. The number of nitrogens with one attached hydrogen (secondary N) is 1. The first kappa shape index (κ1) is 11.1. The standard InChI is InChI=1S/C11H14N2O2S/c1-11(2,16(3,14)15)10-12-8-6-4-5-7-9(8)13-10/h4-7H,1-3H3,(H,12,13). The fraction of sp³-hybridized carbons (Fsp3) is 0.364. The number of rotatable bonds is 2. The molecule has 1 N–H and O–H groups in total. The molecule has 1 heterocycles. The smallest absolute Gasteiger partial charge is 0.159 e. The van der Waals surface area contributed by atoms with E-state index < -0.39 is 14.6 Å². The van der Waals surface area contributed by atoms with Crippen LogP contribution in [-0.2, 0) is 14.6 Å². The van der Waals surface area contributed by atoms with Crippen molar-refractivity contribution >= 4 is 20.9 Å². The van der Waals surface area contributed by atoms with Gasteiger partial charge in [-0.3, -0.25) is 0 Å². The van der Waals surface area contributed by atoms with Crippen molar-refractivity contribution in [3.05, 3.63) is 30.1 Å². The number of imidazole rings is 1. The summed E-state index contributed by atoms with van der Waals surface area (Å²) in [5.41, 5.74) is 1.64. The van der Waals surface area contributed by atoms with Crippen LogP contribution in [0.2, 0.25) is 0 Å². The molecule has 86 valence electrons. The van der Waals surface area contributed by atoms with E-state index in [1.54, 1.807) is 13.8 Å². The number of nitrogens with zero attached hydrogens (tertiary/aromatic N) is 1. The number of para-hydroxylation sites is 2. The Kier molecular flexibility index (Phi) is 2.31. The van der Waals surface area contributed by atoms with Crippen LogP contribution in [0.3, 0.4) is 0 Å². The second kappa shape index (κ2) is 3.31. The largest absolute Gasteiger partial charge is 0.341 e. The lowest BCUT2D eigenvalue weighted by atomic mass is 10.2. The van der Waals surface area contributed by atoms with E-state index in [9.17, 15) is 8.42 Å². The van der Waals surface area contributed by atoms with Gasteiger partial charge in [0.2, 0.25) is 0 Å². The van der Waals surface area contributed by atoms with Crippen molar-refractivity contribution in [3.63, 3.8) is 0 Å².